The van der Waals surface area contributed by atoms with Gasteiger partial charge in [0, 0.05) is 5.56 Å². The van der Waals surface area contributed by atoms with Gasteiger partial charge >= 0.3 is 5.97 Å². The molecule has 0 heterocycles. The molecule has 0 amide bonds. The predicted octanol–water partition coefficient (Wildman–Crippen LogP) is 1.23. The summed E-state index contributed by atoms with van der Waals surface area (Å²) < 4.78 is 4.20. The Kier molecular flexibility index (Phi) is 6.23. The van der Waals surface area contributed by atoms with Crippen LogP contribution in [0.1, 0.15) is 15.9 Å². The van der Waals surface area contributed by atoms with Crippen molar-refractivity contribution in [3.05, 3.63) is 35.4 Å². The Labute approximate surface area is 129 Å². The molecule has 0 aliphatic heterocycles. The van der Waals surface area contributed by atoms with E-state index in [9.17, 15) is 9.59 Å². The fraction of sp³-hybridized carbons (Fsp3) is 0.154. The van der Waals surface area contributed by atoms with Gasteiger partial charge in [0.15, 0.2) is 10.5 Å². The summed E-state index contributed by atoms with van der Waals surface area (Å²) in [5, 5.41) is 18.4. The first-order chi connectivity index (χ1) is 9.97. The zero-order valence-electron chi connectivity index (χ0n) is 11.0. The van der Waals surface area contributed by atoms with Crippen LogP contribution in [-0.4, -0.2) is 36.0 Å². The van der Waals surface area contributed by atoms with Crippen molar-refractivity contribution in [1.29, 1.82) is 10.7 Å². The average molecular weight is 351 g/mol. The van der Waals surface area contributed by atoms with Crippen molar-refractivity contribution in [2.24, 2.45) is 4.99 Å². The summed E-state index contributed by atoms with van der Waals surface area (Å²) in [6, 6.07) is 8.12. The number of rotatable bonds is 3. The first kappa shape index (κ1) is 16.5. The van der Waals surface area contributed by atoms with E-state index in [1.807, 2.05) is 6.07 Å². The zero-order valence-corrected chi connectivity index (χ0v) is 12.6. The Hall–Kier alpha value is -2.53. The van der Waals surface area contributed by atoms with E-state index < -0.39 is 5.97 Å². The Balaban J connectivity index is 2.80. The molecule has 0 radical (unpaired) electrons. The van der Waals surface area contributed by atoms with Crippen molar-refractivity contribution < 1.29 is 14.3 Å². The Morgan fingerprint density at radius 1 is 1.52 bits per heavy atom. The van der Waals surface area contributed by atoms with E-state index in [0.717, 1.165) is 7.11 Å². The lowest BCUT2D eigenvalue weighted by Gasteiger charge is -2.07. The highest BCUT2D eigenvalue weighted by Gasteiger charge is 2.14. The highest BCUT2D eigenvalue weighted by Crippen LogP contribution is 2.04. The van der Waals surface area contributed by atoms with Crippen molar-refractivity contribution in [2.75, 3.05) is 13.7 Å². The minimum absolute atomic E-state index is 0.219. The number of halogens is 1. The molecule has 7 nitrogen and oxygen atoms in total. The van der Waals surface area contributed by atoms with Crippen LogP contribution in [0.2, 0.25) is 0 Å². The number of benzene rings is 1. The quantitative estimate of drug-likeness (QED) is 0.279. The van der Waals surface area contributed by atoms with Crippen LogP contribution in [0.4, 0.5) is 0 Å². The van der Waals surface area contributed by atoms with Gasteiger partial charge in [0.2, 0.25) is 5.84 Å². The molecule has 0 atom stereocenters. The van der Waals surface area contributed by atoms with Crippen molar-refractivity contribution in [3.63, 3.8) is 0 Å². The van der Waals surface area contributed by atoms with E-state index >= 15 is 0 Å². The average Bonchev–Trinajstić information content (AvgIpc) is 2.49. The van der Waals surface area contributed by atoms with Gasteiger partial charge in [-0.15, -0.1) is 0 Å². The third kappa shape index (κ3) is 5.16. The van der Waals surface area contributed by atoms with Gasteiger partial charge in [-0.25, -0.2) is 4.79 Å². The predicted molar refractivity (Wildman–Crippen MR) is 79.6 cm³/mol. The van der Waals surface area contributed by atoms with Gasteiger partial charge in [0.05, 0.1) is 25.3 Å². The molecular weight excluding hydrogens is 340 g/mol. The maximum Gasteiger partial charge on any atom is 0.373 e. The smallest absolute Gasteiger partial charge is 0.373 e. The fourth-order valence-corrected chi connectivity index (χ4v) is 1.56. The SMILES string of the molecule is COC(=O)/C(=N/C(=N)Br)NCC(=O)c1cccc(C#N)c1. The van der Waals surface area contributed by atoms with Gasteiger partial charge in [-0.3, -0.25) is 10.2 Å². The van der Waals surface area contributed by atoms with Crippen LogP contribution in [0.15, 0.2) is 29.3 Å². The minimum atomic E-state index is -0.794. The molecule has 0 aliphatic carbocycles. The first-order valence-corrected chi connectivity index (χ1v) is 6.45. The molecule has 0 spiro atoms. The largest absolute Gasteiger partial charge is 0.463 e. The van der Waals surface area contributed by atoms with E-state index in [1.54, 1.807) is 18.2 Å². The van der Waals surface area contributed by atoms with E-state index in [1.165, 1.54) is 6.07 Å². The zero-order chi connectivity index (χ0) is 15.8. The number of hydrogen-bond donors (Lipinski definition) is 2. The van der Waals surface area contributed by atoms with Crippen LogP contribution >= 0.6 is 15.9 Å². The van der Waals surface area contributed by atoms with Crippen LogP contribution in [-0.2, 0) is 9.53 Å². The van der Waals surface area contributed by atoms with Gasteiger partial charge in [-0.2, -0.15) is 10.3 Å². The van der Waals surface area contributed by atoms with Gasteiger partial charge < -0.3 is 10.1 Å². The summed E-state index contributed by atoms with van der Waals surface area (Å²) in [5.74, 6) is -1.38. The molecule has 0 aromatic heterocycles. The number of ketones is 1. The molecular formula is C13H11BrN4O3. The molecule has 8 heteroatoms. The van der Waals surface area contributed by atoms with Crippen molar-refractivity contribution in [2.45, 2.75) is 0 Å². The van der Waals surface area contributed by atoms with Crippen molar-refractivity contribution in [1.82, 2.24) is 5.32 Å². The highest BCUT2D eigenvalue weighted by atomic mass is 79.9. The summed E-state index contributed by atoms with van der Waals surface area (Å²) in [6.45, 7) is -0.219. The summed E-state index contributed by atoms with van der Waals surface area (Å²) in [5.41, 5.74) is 0.699. The molecule has 21 heavy (non-hydrogen) atoms. The molecule has 1 aromatic rings. The number of esters is 1. The van der Waals surface area contributed by atoms with Crippen LogP contribution in [0.25, 0.3) is 0 Å². The molecule has 1 aromatic carbocycles. The summed E-state index contributed by atoms with van der Waals surface area (Å²) >= 11 is 2.77. The number of ether oxygens (including phenoxy) is 1. The Morgan fingerprint density at radius 2 is 2.24 bits per heavy atom. The third-order valence-corrected chi connectivity index (χ3v) is 2.50. The lowest BCUT2D eigenvalue weighted by molar-refractivity contribution is -0.132. The topological polar surface area (TPSA) is 115 Å². The number of Topliss-reactive ketones (excluding diaryl/α,β-unsaturated/α-hetero) is 1. The van der Waals surface area contributed by atoms with Gasteiger partial charge in [-0.1, -0.05) is 12.1 Å². The van der Waals surface area contributed by atoms with Crippen molar-refractivity contribution >= 4 is 38.3 Å². The number of aliphatic imine (C=N–C) groups is 1. The molecule has 0 saturated carbocycles. The number of amidine groups is 2. The molecule has 0 bridgehead atoms. The molecule has 0 fully saturated rings. The minimum Gasteiger partial charge on any atom is -0.463 e. The molecule has 0 aliphatic rings. The van der Waals surface area contributed by atoms with Crippen LogP contribution in [0, 0.1) is 16.7 Å². The maximum atomic E-state index is 12.0. The van der Waals surface area contributed by atoms with Gasteiger partial charge in [-0.05, 0) is 28.1 Å². The van der Waals surface area contributed by atoms with E-state index in [2.05, 4.69) is 31.0 Å². The second-order valence-corrected chi connectivity index (χ2v) is 4.46. The second kappa shape index (κ2) is 7.91. The molecule has 0 saturated heterocycles. The van der Waals surface area contributed by atoms with Crippen molar-refractivity contribution in [3.8, 4) is 6.07 Å². The number of carbonyl (C=O) groups is 2. The summed E-state index contributed by atoms with van der Waals surface area (Å²) in [4.78, 5) is 27.0. The summed E-state index contributed by atoms with van der Waals surface area (Å²) in [7, 11) is 1.16. The maximum absolute atomic E-state index is 12.0. The number of nitrogens with zero attached hydrogens (tertiary/aromatic N) is 2. The van der Waals surface area contributed by atoms with Crippen LogP contribution in [0.3, 0.4) is 0 Å². The number of carbonyl (C=O) groups excluding carboxylic acids is 2. The van der Waals surface area contributed by atoms with E-state index in [0.29, 0.717) is 11.1 Å². The van der Waals surface area contributed by atoms with Crippen LogP contribution < -0.4 is 5.32 Å². The molecule has 0 unspecified atom stereocenters. The van der Waals surface area contributed by atoms with E-state index in [-0.39, 0.29) is 22.9 Å². The normalized spacial score (nSPS) is 10.4. The monoisotopic (exact) mass is 350 g/mol. The lowest BCUT2D eigenvalue weighted by atomic mass is 10.1. The van der Waals surface area contributed by atoms with Crippen LogP contribution in [0.5, 0.6) is 0 Å². The highest BCUT2D eigenvalue weighted by molar-refractivity contribution is 9.18. The Bertz CT molecular complexity index is 649. The van der Waals surface area contributed by atoms with Gasteiger partial charge in [0.25, 0.3) is 0 Å². The lowest BCUT2D eigenvalue weighted by Crippen LogP contribution is -2.36. The number of nitriles is 1. The number of nitrogens with one attached hydrogen (secondary N) is 2. The fourth-order valence-electron chi connectivity index (χ4n) is 1.38. The molecule has 2 N–H and O–H groups in total. The molecule has 108 valence electrons. The molecule has 1 rings (SSSR count). The van der Waals surface area contributed by atoms with E-state index in [4.69, 9.17) is 10.7 Å². The summed E-state index contributed by atoms with van der Waals surface area (Å²) in [6.07, 6.45) is 0. The van der Waals surface area contributed by atoms with Gasteiger partial charge in [0.1, 0.15) is 0 Å². The first-order valence-electron chi connectivity index (χ1n) is 5.66. The number of methoxy groups -OCH3 is 1. The number of hydrogen-bond acceptors (Lipinski definition) is 5. The Morgan fingerprint density at radius 3 is 2.81 bits per heavy atom. The standard InChI is InChI=1S/C13H11BrN4O3/c1-21-12(20)11(18-13(14)16)17-7-10(19)9-4-2-3-8(5-9)6-15/h2-5H,7H2,1H3,(H2,16,17,18). The second-order valence-electron chi connectivity index (χ2n) is 3.71. The third-order valence-electron chi connectivity index (χ3n) is 2.32.